The van der Waals surface area contributed by atoms with Crippen molar-refractivity contribution in [3.05, 3.63) is 0 Å². The molecule has 0 unspecified atom stereocenters. The lowest BCUT2D eigenvalue weighted by Crippen LogP contribution is -2.62. The van der Waals surface area contributed by atoms with Gasteiger partial charge in [0.2, 0.25) is 0 Å². The summed E-state index contributed by atoms with van der Waals surface area (Å²) < 4.78 is 5.59. The van der Waals surface area contributed by atoms with Crippen molar-refractivity contribution in [2.45, 2.75) is 44.9 Å². The van der Waals surface area contributed by atoms with Crippen molar-refractivity contribution in [1.29, 1.82) is 0 Å². The van der Waals surface area contributed by atoms with Crippen LogP contribution in [-0.4, -0.2) is 49.3 Å². The molecule has 1 saturated carbocycles. The third kappa shape index (κ3) is 1.95. The van der Waals surface area contributed by atoms with E-state index in [0.717, 1.165) is 18.7 Å². The maximum Gasteiger partial charge on any atom is 0.0604 e. The Bertz CT molecular complexity index is 176. The summed E-state index contributed by atoms with van der Waals surface area (Å²) in [5.74, 6) is 0. The number of likely N-dealkylation sites (N-methyl/N-ethyl adjacent to an activating group) is 1. The van der Waals surface area contributed by atoms with Gasteiger partial charge >= 0.3 is 0 Å². The molecule has 2 aliphatic rings. The monoisotopic (exact) mass is 198 g/mol. The molecule has 1 aliphatic carbocycles. The van der Waals surface area contributed by atoms with Crippen molar-refractivity contribution in [1.82, 2.24) is 10.2 Å². The van der Waals surface area contributed by atoms with E-state index in [9.17, 15) is 0 Å². The Hall–Kier alpha value is -0.120. The van der Waals surface area contributed by atoms with Gasteiger partial charge in [0.1, 0.15) is 0 Å². The maximum absolute atomic E-state index is 5.59. The van der Waals surface area contributed by atoms with Gasteiger partial charge in [0, 0.05) is 31.8 Å². The summed E-state index contributed by atoms with van der Waals surface area (Å²) in [6, 6.07) is 1.59. The van der Waals surface area contributed by atoms with Gasteiger partial charge in [0.25, 0.3) is 0 Å². The fraction of sp³-hybridized carbons (Fsp3) is 1.00. The SMILES string of the molecule is CCOC1CC(N(CC)C2CNC2)C1. The quantitative estimate of drug-likeness (QED) is 0.709. The zero-order valence-corrected chi connectivity index (χ0v) is 9.33. The Kier molecular flexibility index (Phi) is 3.42. The zero-order valence-electron chi connectivity index (χ0n) is 9.33. The van der Waals surface area contributed by atoms with Crippen LogP contribution in [0.5, 0.6) is 0 Å². The van der Waals surface area contributed by atoms with Gasteiger partial charge in [-0.1, -0.05) is 6.92 Å². The molecule has 3 nitrogen and oxygen atoms in total. The molecule has 0 amide bonds. The van der Waals surface area contributed by atoms with Gasteiger partial charge in [0.15, 0.2) is 0 Å². The van der Waals surface area contributed by atoms with Crippen LogP contribution < -0.4 is 5.32 Å². The van der Waals surface area contributed by atoms with Crippen LogP contribution >= 0.6 is 0 Å². The highest BCUT2D eigenvalue weighted by molar-refractivity contribution is 4.94. The van der Waals surface area contributed by atoms with Crippen molar-refractivity contribution in [3.8, 4) is 0 Å². The van der Waals surface area contributed by atoms with E-state index >= 15 is 0 Å². The highest BCUT2D eigenvalue weighted by Crippen LogP contribution is 2.30. The molecule has 0 spiro atoms. The van der Waals surface area contributed by atoms with E-state index < -0.39 is 0 Å². The van der Waals surface area contributed by atoms with E-state index in [-0.39, 0.29) is 0 Å². The Morgan fingerprint density at radius 1 is 1.21 bits per heavy atom. The lowest BCUT2D eigenvalue weighted by Gasteiger charge is -2.48. The minimum atomic E-state index is 0.548. The van der Waals surface area contributed by atoms with Crippen molar-refractivity contribution < 1.29 is 4.74 Å². The second-order valence-corrected chi connectivity index (χ2v) is 4.35. The smallest absolute Gasteiger partial charge is 0.0604 e. The van der Waals surface area contributed by atoms with Crippen LogP contribution in [0.4, 0.5) is 0 Å². The minimum absolute atomic E-state index is 0.548. The Morgan fingerprint density at radius 3 is 2.36 bits per heavy atom. The maximum atomic E-state index is 5.59. The molecule has 1 aliphatic heterocycles. The van der Waals surface area contributed by atoms with Gasteiger partial charge in [-0.2, -0.15) is 0 Å². The van der Waals surface area contributed by atoms with Crippen molar-refractivity contribution in [2.75, 3.05) is 26.2 Å². The van der Waals surface area contributed by atoms with E-state index in [0.29, 0.717) is 6.10 Å². The van der Waals surface area contributed by atoms with Crippen LogP contribution in [0.15, 0.2) is 0 Å². The molecule has 1 heterocycles. The summed E-state index contributed by atoms with van der Waals surface area (Å²) in [5, 5.41) is 3.34. The molecule has 2 rings (SSSR count). The van der Waals surface area contributed by atoms with E-state index in [1.54, 1.807) is 0 Å². The second-order valence-electron chi connectivity index (χ2n) is 4.35. The third-order valence-electron chi connectivity index (χ3n) is 3.54. The number of rotatable bonds is 5. The average Bonchev–Trinajstić information content (AvgIpc) is 2.04. The molecule has 0 aromatic carbocycles. The highest BCUT2D eigenvalue weighted by atomic mass is 16.5. The normalized spacial score (nSPS) is 32.8. The molecule has 0 aromatic heterocycles. The van der Waals surface area contributed by atoms with Gasteiger partial charge in [-0.05, 0) is 26.3 Å². The molecular formula is C11H22N2O. The fourth-order valence-electron chi connectivity index (χ4n) is 2.50. The first-order valence-corrected chi connectivity index (χ1v) is 5.93. The number of nitrogens with zero attached hydrogens (tertiary/aromatic N) is 1. The molecule has 2 fully saturated rings. The summed E-state index contributed by atoms with van der Waals surface area (Å²) in [6.45, 7) is 8.78. The largest absolute Gasteiger partial charge is 0.378 e. The minimum Gasteiger partial charge on any atom is -0.378 e. The first-order chi connectivity index (χ1) is 6.85. The molecule has 0 radical (unpaired) electrons. The summed E-state index contributed by atoms with van der Waals surface area (Å²) in [6.07, 6.45) is 3.04. The summed E-state index contributed by atoms with van der Waals surface area (Å²) >= 11 is 0. The number of nitrogens with one attached hydrogen (secondary N) is 1. The summed E-state index contributed by atoms with van der Waals surface area (Å²) in [7, 11) is 0. The van der Waals surface area contributed by atoms with Gasteiger partial charge in [0.05, 0.1) is 6.10 Å². The van der Waals surface area contributed by atoms with E-state index in [4.69, 9.17) is 4.74 Å². The predicted octanol–water partition coefficient (Wildman–Crippen LogP) is 0.848. The average molecular weight is 198 g/mol. The molecule has 1 N–H and O–H groups in total. The van der Waals surface area contributed by atoms with Crippen LogP contribution in [0.2, 0.25) is 0 Å². The Morgan fingerprint density at radius 2 is 1.93 bits per heavy atom. The topological polar surface area (TPSA) is 24.5 Å². The molecule has 0 aromatic rings. The fourth-order valence-corrected chi connectivity index (χ4v) is 2.50. The van der Waals surface area contributed by atoms with Crippen LogP contribution in [0.1, 0.15) is 26.7 Å². The van der Waals surface area contributed by atoms with E-state index in [1.165, 1.54) is 32.5 Å². The van der Waals surface area contributed by atoms with Gasteiger partial charge < -0.3 is 10.1 Å². The van der Waals surface area contributed by atoms with Crippen molar-refractivity contribution in [3.63, 3.8) is 0 Å². The molecule has 0 bridgehead atoms. The molecule has 82 valence electrons. The van der Waals surface area contributed by atoms with Gasteiger partial charge in [-0.15, -0.1) is 0 Å². The van der Waals surface area contributed by atoms with Crippen LogP contribution in [0.3, 0.4) is 0 Å². The summed E-state index contributed by atoms with van der Waals surface area (Å²) in [4.78, 5) is 2.64. The first-order valence-electron chi connectivity index (χ1n) is 5.93. The molecule has 14 heavy (non-hydrogen) atoms. The Labute approximate surface area is 86.8 Å². The number of ether oxygens (including phenoxy) is 1. The summed E-state index contributed by atoms with van der Waals surface area (Å²) in [5.41, 5.74) is 0. The highest BCUT2D eigenvalue weighted by Gasteiger charge is 2.37. The van der Waals surface area contributed by atoms with E-state index in [1.807, 2.05) is 0 Å². The lowest BCUT2D eigenvalue weighted by atomic mass is 9.86. The second kappa shape index (κ2) is 4.60. The third-order valence-corrected chi connectivity index (χ3v) is 3.54. The number of hydrogen-bond donors (Lipinski definition) is 1. The molecule has 0 atom stereocenters. The van der Waals surface area contributed by atoms with Crippen LogP contribution in [0.25, 0.3) is 0 Å². The molecular weight excluding hydrogens is 176 g/mol. The molecule has 1 saturated heterocycles. The zero-order chi connectivity index (χ0) is 9.97. The van der Waals surface area contributed by atoms with Crippen molar-refractivity contribution in [2.24, 2.45) is 0 Å². The first kappa shape index (κ1) is 10.4. The number of hydrogen-bond acceptors (Lipinski definition) is 3. The van der Waals surface area contributed by atoms with Crippen LogP contribution in [-0.2, 0) is 4.74 Å². The molecule has 3 heteroatoms. The lowest BCUT2D eigenvalue weighted by molar-refractivity contribution is -0.0616. The predicted molar refractivity (Wildman–Crippen MR) is 57.5 cm³/mol. The Balaban J connectivity index is 1.72. The van der Waals surface area contributed by atoms with Crippen LogP contribution in [0, 0.1) is 0 Å². The van der Waals surface area contributed by atoms with Crippen molar-refractivity contribution >= 4 is 0 Å². The van der Waals surface area contributed by atoms with Gasteiger partial charge in [-0.25, -0.2) is 0 Å². The van der Waals surface area contributed by atoms with Gasteiger partial charge in [-0.3, -0.25) is 4.90 Å². The van der Waals surface area contributed by atoms with E-state index in [2.05, 4.69) is 24.1 Å². The standard InChI is InChI=1S/C11H22N2O/c1-3-13(10-7-12-8-10)9-5-11(6-9)14-4-2/h9-12H,3-8H2,1-2H3.